The van der Waals surface area contributed by atoms with Crippen LogP contribution in [0.25, 0.3) is 11.0 Å². The Balaban J connectivity index is 1.34. The molecule has 0 saturated carbocycles. The van der Waals surface area contributed by atoms with Gasteiger partial charge in [0.2, 0.25) is 0 Å². The normalized spacial score (nSPS) is 38.3. The lowest BCUT2D eigenvalue weighted by Crippen LogP contribution is -2.66. The number of amides is 1. The summed E-state index contributed by atoms with van der Waals surface area (Å²) in [6, 6.07) is 1.79. The van der Waals surface area contributed by atoms with Crippen LogP contribution in [0.2, 0.25) is 0 Å². The molecule has 332 valence electrons. The van der Waals surface area contributed by atoms with Gasteiger partial charge in [0, 0.05) is 61.8 Å². The molecule has 2 aromatic rings. The maximum absolute atomic E-state index is 14.9. The highest BCUT2D eigenvalue weighted by atomic mass is 16.7. The summed E-state index contributed by atoms with van der Waals surface area (Å²) >= 11 is 0. The molecular weight excluding hydrogens is 775 g/mol. The van der Waals surface area contributed by atoms with Crippen LogP contribution in [0.3, 0.4) is 0 Å². The average Bonchev–Trinajstić information content (AvgIpc) is 3.46. The molecule has 16 nitrogen and oxygen atoms in total. The summed E-state index contributed by atoms with van der Waals surface area (Å²) in [5, 5.41) is 22.4. The monoisotopic (exact) mass is 839 g/mol. The zero-order chi connectivity index (χ0) is 44.2. The topological polar surface area (TPSA) is 190 Å². The van der Waals surface area contributed by atoms with Gasteiger partial charge in [0.1, 0.15) is 29.7 Å². The fourth-order valence-corrected chi connectivity index (χ4v) is 10.4. The molecule has 6 rings (SSSR count). The number of methoxy groups -OCH3 is 1. The van der Waals surface area contributed by atoms with E-state index in [4.69, 9.17) is 23.7 Å². The van der Waals surface area contributed by atoms with Crippen molar-refractivity contribution < 1.29 is 53.1 Å². The van der Waals surface area contributed by atoms with E-state index in [1.54, 1.807) is 51.8 Å². The number of rotatable bonds is 8. The molecule has 60 heavy (non-hydrogen) atoms. The van der Waals surface area contributed by atoms with Crippen molar-refractivity contribution in [2.45, 2.75) is 148 Å². The minimum Gasteiger partial charge on any atom is -0.506 e. The number of likely N-dealkylation sites (tertiary alicyclic amines) is 1. The van der Waals surface area contributed by atoms with Gasteiger partial charge >= 0.3 is 12.1 Å². The Morgan fingerprint density at radius 2 is 1.72 bits per heavy atom. The zero-order valence-electron chi connectivity index (χ0n) is 37.2. The molecule has 2 N–H and O–H groups in total. The number of ketones is 2. The SMILES string of the molecule is CC[C@H]1OC(=O)[C@H](C)C(=O)[C@H](C)[C@@H](O[C@@H]2O[C@H](C)C[C@H](N(C)C)[C@H]2O)[C@](C)(OC)C[C@@H](C)C(=O)[C@H](C)[C@H]2N(C3CN(C(C)c4c(O)cnc5cccnc45)C3)C(=O)O[C@]12C. The molecule has 16 heteroatoms. The van der Waals surface area contributed by atoms with Gasteiger partial charge in [-0.25, -0.2) is 4.79 Å². The number of fused-ring (bicyclic) bond motifs is 2. The van der Waals surface area contributed by atoms with Crippen LogP contribution in [0, 0.1) is 23.7 Å². The minimum absolute atomic E-state index is 0.0183. The Bertz CT molecular complexity index is 1930. The number of aromatic hydroxyl groups is 1. The predicted octanol–water partition coefficient (Wildman–Crippen LogP) is 4.28. The fourth-order valence-electron chi connectivity index (χ4n) is 10.4. The van der Waals surface area contributed by atoms with Crippen molar-refractivity contribution in [3.63, 3.8) is 0 Å². The molecule has 6 heterocycles. The number of likely N-dealkylation sites (N-methyl/N-ethyl adjacent to an activating group) is 1. The van der Waals surface area contributed by atoms with E-state index in [-0.39, 0.29) is 48.6 Å². The summed E-state index contributed by atoms with van der Waals surface area (Å²) in [5.74, 6) is -5.15. The van der Waals surface area contributed by atoms with Crippen molar-refractivity contribution >= 4 is 34.7 Å². The maximum Gasteiger partial charge on any atom is 0.411 e. The molecule has 0 bridgehead atoms. The van der Waals surface area contributed by atoms with Crippen molar-refractivity contribution in [3.8, 4) is 5.75 Å². The largest absolute Gasteiger partial charge is 0.506 e. The summed E-state index contributed by atoms with van der Waals surface area (Å²) in [5.41, 5.74) is -0.905. The first-order valence-electron chi connectivity index (χ1n) is 21.3. The number of nitrogens with zero attached hydrogens (tertiary/aromatic N) is 5. The van der Waals surface area contributed by atoms with Crippen LogP contribution >= 0.6 is 0 Å². The van der Waals surface area contributed by atoms with Gasteiger partial charge < -0.3 is 38.8 Å². The molecule has 0 aromatic carbocycles. The number of carbonyl (C=O) groups excluding carboxylic acids is 4. The lowest BCUT2D eigenvalue weighted by molar-refractivity contribution is -0.295. The van der Waals surface area contributed by atoms with Crippen molar-refractivity contribution in [2.24, 2.45) is 23.7 Å². The number of pyridine rings is 2. The van der Waals surface area contributed by atoms with E-state index >= 15 is 0 Å². The van der Waals surface area contributed by atoms with Gasteiger partial charge in [-0.05, 0) is 80.1 Å². The Hall–Kier alpha value is -3.80. The second kappa shape index (κ2) is 17.5. The molecule has 0 spiro atoms. The van der Waals surface area contributed by atoms with Crippen LogP contribution in [0.1, 0.15) is 93.2 Å². The Morgan fingerprint density at radius 1 is 1.03 bits per heavy atom. The molecule has 4 aliphatic heterocycles. The van der Waals surface area contributed by atoms with Gasteiger partial charge in [0.05, 0.1) is 47.1 Å². The second-order valence-electron chi connectivity index (χ2n) is 18.3. The van der Waals surface area contributed by atoms with E-state index in [9.17, 15) is 29.4 Å². The van der Waals surface area contributed by atoms with E-state index in [0.29, 0.717) is 36.1 Å². The number of carbonyl (C=O) groups is 4. The third-order valence-electron chi connectivity index (χ3n) is 14.0. The first kappa shape index (κ1) is 45.7. The number of Topliss-reactive ketones (excluding diaryl/α,β-unsaturated/α-hetero) is 2. The number of hydrogen-bond acceptors (Lipinski definition) is 15. The molecule has 4 aliphatic rings. The van der Waals surface area contributed by atoms with Crippen molar-refractivity contribution in [2.75, 3.05) is 34.3 Å². The van der Waals surface area contributed by atoms with Crippen molar-refractivity contribution in [1.82, 2.24) is 24.7 Å². The van der Waals surface area contributed by atoms with Crippen LogP contribution in [0.15, 0.2) is 24.5 Å². The first-order chi connectivity index (χ1) is 28.2. The van der Waals surface area contributed by atoms with Gasteiger partial charge in [-0.2, -0.15) is 0 Å². The molecule has 0 aliphatic carbocycles. The van der Waals surface area contributed by atoms with E-state index in [0.717, 1.165) is 0 Å². The average molecular weight is 840 g/mol. The van der Waals surface area contributed by atoms with E-state index in [2.05, 4.69) is 14.9 Å². The Labute approximate surface area is 353 Å². The van der Waals surface area contributed by atoms with Crippen LogP contribution in [0.5, 0.6) is 5.75 Å². The Morgan fingerprint density at radius 3 is 2.35 bits per heavy atom. The molecule has 0 radical (unpaired) electrons. The standard InChI is InChI=1S/C44H65N5O11/c1-13-32-44(9)38(49(42(55)60-44)28-20-48(21-28)27(7)33-31(50)19-46-29-15-14-16-45-34(29)33)24(4)35(51)22(2)18-43(8,56-12)39(25(5)36(52)26(6)40(54)58-32)59-41-37(53)30(47(10)11)17-23(3)57-41/h14-16,19,22-28,30,32,37-39,41,50,53H,13,17-18,20-21H2,1-12H3/t22-,23-,24+,25+,26-,27?,30+,32-,37-,38-,39-,41+,43-,44-/m1/s1. The molecule has 1 unspecified atom stereocenters. The maximum atomic E-state index is 14.9. The lowest BCUT2D eigenvalue weighted by Gasteiger charge is -2.50. The minimum atomic E-state index is -1.46. The fraction of sp³-hybridized carbons (Fsp3) is 0.727. The van der Waals surface area contributed by atoms with E-state index < -0.39 is 83.4 Å². The predicted molar refractivity (Wildman–Crippen MR) is 220 cm³/mol. The third-order valence-corrected chi connectivity index (χ3v) is 14.0. The van der Waals surface area contributed by atoms with Gasteiger partial charge in [-0.3, -0.25) is 34.2 Å². The highest BCUT2D eigenvalue weighted by Crippen LogP contribution is 2.46. The molecule has 2 aromatic heterocycles. The highest BCUT2D eigenvalue weighted by molar-refractivity contribution is 6.00. The lowest BCUT2D eigenvalue weighted by atomic mass is 9.73. The van der Waals surface area contributed by atoms with Gasteiger partial charge in [-0.1, -0.05) is 27.7 Å². The second-order valence-corrected chi connectivity index (χ2v) is 18.3. The quantitative estimate of drug-likeness (QED) is 0.283. The first-order valence-corrected chi connectivity index (χ1v) is 21.3. The number of esters is 1. The molecule has 4 saturated heterocycles. The van der Waals surface area contributed by atoms with E-state index in [1.165, 1.54) is 20.2 Å². The number of aliphatic hydroxyl groups is 1. The number of ether oxygens (including phenoxy) is 5. The van der Waals surface area contributed by atoms with E-state index in [1.807, 2.05) is 45.8 Å². The highest BCUT2D eigenvalue weighted by Gasteiger charge is 2.63. The number of aromatic nitrogens is 2. The van der Waals surface area contributed by atoms with Gasteiger partial charge in [0.25, 0.3) is 0 Å². The molecular formula is C44H65N5O11. The number of cyclic esters (lactones) is 1. The third kappa shape index (κ3) is 8.15. The summed E-state index contributed by atoms with van der Waals surface area (Å²) in [7, 11) is 5.22. The summed E-state index contributed by atoms with van der Waals surface area (Å²) in [4.78, 5) is 72.0. The molecule has 1 amide bonds. The number of hydrogen-bond donors (Lipinski definition) is 2. The number of aliphatic hydroxyl groups excluding tert-OH is 1. The van der Waals surface area contributed by atoms with Crippen LogP contribution in [-0.4, -0.2) is 153 Å². The molecule has 14 atom stereocenters. The van der Waals surface area contributed by atoms with Gasteiger partial charge in [-0.15, -0.1) is 0 Å². The Kier molecular flexibility index (Phi) is 13.4. The van der Waals surface area contributed by atoms with Crippen molar-refractivity contribution in [1.29, 1.82) is 0 Å². The summed E-state index contributed by atoms with van der Waals surface area (Å²) < 4.78 is 31.4. The van der Waals surface area contributed by atoms with Crippen LogP contribution in [-0.2, 0) is 38.1 Å². The van der Waals surface area contributed by atoms with Gasteiger partial charge in [0.15, 0.2) is 17.7 Å². The summed E-state index contributed by atoms with van der Waals surface area (Å²) in [6.07, 6.45) is -1.22. The van der Waals surface area contributed by atoms with Crippen molar-refractivity contribution in [3.05, 3.63) is 30.1 Å². The molecule has 4 fully saturated rings. The van der Waals surface area contributed by atoms with Crippen LogP contribution < -0.4 is 0 Å². The summed E-state index contributed by atoms with van der Waals surface area (Å²) in [6.45, 7) is 16.7. The smallest absolute Gasteiger partial charge is 0.411 e. The van der Waals surface area contributed by atoms with Crippen LogP contribution in [0.4, 0.5) is 4.79 Å². The zero-order valence-corrected chi connectivity index (χ0v) is 37.2.